The highest BCUT2D eigenvalue weighted by atomic mass is 32.2. The summed E-state index contributed by atoms with van der Waals surface area (Å²) in [6.07, 6.45) is 0.132. The Balaban J connectivity index is 2.00. The Morgan fingerprint density at radius 2 is 1.13 bits per heavy atom. The van der Waals surface area contributed by atoms with Crippen LogP contribution in [0.15, 0.2) is 65.6 Å². The van der Waals surface area contributed by atoms with Gasteiger partial charge in [-0.2, -0.15) is 8.42 Å². The van der Waals surface area contributed by atoms with Crippen molar-refractivity contribution in [2.45, 2.75) is 105 Å². The van der Waals surface area contributed by atoms with Gasteiger partial charge in [-0.15, -0.1) is 0 Å². The van der Waals surface area contributed by atoms with Crippen molar-refractivity contribution in [1.82, 2.24) is 0 Å². The van der Waals surface area contributed by atoms with Gasteiger partial charge in [0, 0.05) is 5.41 Å². The van der Waals surface area contributed by atoms with E-state index in [-0.39, 0.29) is 34.7 Å². The van der Waals surface area contributed by atoms with E-state index in [0.29, 0.717) is 17.1 Å². The third-order valence-corrected chi connectivity index (χ3v) is 9.98. The van der Waals surface area contributed by atoms with Crippen LogP contribution in [0.5, 0.6) is 17.2 Å². The summed E-state index contributed by atoms with van der Waals surface area (Å²) in [4.78, 5) is 0.106. The van der Waals surface area contributed by atoms with Gasteiger partial charge in [-0.25, -0.2) is 0 Å². The fourth-order valence-electron chi connectivity index (χ4n) is 5.02. The van der Waals surface area contributed by atoms with E-state index in [1.807, 2.05) is 85.7 Å². The van der Waals surface area contributed by atoms with E-state index in [4.69, 9.17) is 13.7 Å². The maximum absolute atomic E-state index is 13.0. The fourth-order valence-corrected chi connectivity index (χ4v) is 6.01. The molecule has 7 nitrogen and oxygen atoms in total. The third-order valence-electron chi connectivity index (χ3n) is 8.73. The van der Waals surface area contributed by atoms with Crippen LogP contribution in [0, 0.1) is 24.7 Å². The quantitative estimate of drug-likeness (QED) is 0.184. The van der Waals surface area contributed by atoms with Crippen LogP contribution in [0.4, 0.5) is 0 Å². The van der Waals surface area contributed by atoms with E-state index in [2.05, 4.69) is 13.8 Å². The molecule has 45 heavy (non-hydrogen) atoms. The second-order valence-corrected chi connectivity index (χ2v) is 15.7. The molecule has 0 amide bonds. The summed E-state index contributed by atoms with van der Waals surface area (Å²) < 4.78 is 43.8. The molecule has 0 aliphatic rings. The molecule has 0 aliphatic heterocycles. The summed E-state index contributed by atoms with van der Waals surface area (Å²) in [5, 5.41) is 21.3. The molecule has 248 valence electrons. The van der Waals surface area contributed by atoms with Crippen molar-refractivity contribution in [1.29, 1.82) is 0 Å². The highest BCUT2D eigenvalue weighted by Crippen LogP contribution is 2.44. The van der Waals surface area contributed by atoms with E-state index < -0.39 is 27.7 Å². The smallest absolute Gasteiger partial charge is 0.339 e. The third kappa shape index (κ3) is 8.81. The fraction of sp³-hybridized carbons (Fsp3) is 0.514. The molecule has 0 saturated heterocycles. The van der Waals surface area contributed by atoms with Gasteiger partial charge in [-0.3, -0.25) is 0 Å². The van der Waals surface area contributed by atoms with Gasteiger partial charge in [0.25, 0.3) is 0 Å². The summed E-state index contributed by atoms with van der Waals surface area (Å²) in [6, 6.07) is 18.1. The maximum Gasteiger partial charge on any atom is 0.339 e. The number of hydrogen-bond donors (Lipinski definition) is 2. The standard InChI is InChI=1S/C37H52O7S/c1-11-37(12-2,27-15-19-30(26(4)21-27)44-45(40,41)29-17-13-25(3)14-18-29)28-16-20-31(42-23-33(38)35(5,6)7)32(22-28)43-24-34(39)36(8,9)10/h13-22,33-34,38-39H,11-12,23-24H2,1-10H3. The lowest BCUT2D eigenvalue weighted by Gasteiger charge is -2.34. The Labute approximate surface area is 270 Å². The molecule has 0 saturated carbocycles. The van der Waals surface area contributed by atoms with Crippen molar-refractivity contribution >= 4 is 10.1 Å². The van der Waals surface area contributed by atoms with Gasteiger partial charge < -0.3 is 23.9 Å². The van der Waals surface area contributed by atoms with Gasteiger partial charge >= 0.3 is 10.1 Å². The second kappa shape index (κ2) is 14.1. The number of aliphatic hydroxyl groups is 2. The highest BCUT2D eigenvalue weighted by molar-refractivity contribution is 7.87. The van der Waals surface area contributed by atoms with Crippen LogP contribution >= 0.6 is 0 Å². The molecule has 0 bridgehead atoms. The Bertz CT molecular complexity index is 1530. The first-order valence-corrected chi connectivity index (χ1v) is 17.1. The normalized spacial score (nSPS) is 14.1. The highest BCUT2D eigenvalue weighted by Gasteiger charge is 2.33. The van der Waals surface area contributed by atoms with E-state index in [1.165, 1.54) is 0 Å². The van der Waals surface area contributed by atoms with Gasteiger partial charge in [-0.1, -0.05) is 91.3 Å². The van der Waals surface area contributed by atoms with Crippen LogP contribution in [-0.4, -0.2) is 44.1 Å². The van der Waals surface area contributed by atoms with Crippen LogP contribution in [0.25, 0.3) is 0 Å². The van der Waals surface area contributed by atoms with Crippen LogP contribution in [0.2, 0.25) is 0 Å². The van der Waals surface area contributed by atoms with Crippen molar-refractivity contribution < 1.29 is 32.3 Å². The zero-order valence-corrected chi connectivity index (χ0v) is 29.4. The average Bonchev–Trinajstić information content (AvgIpc) is 2.96. The summed E-state index contributed by atoms with van der Waals surface area (Å²) in [7, 11) is -3.99. The molecule has 0 aromatic heterocycles. The Morgan fingerprint density at radius 1 is 0.667 bits per heavy atom. The van der Waals surface area contributed by atoms with Crippen LogP contribution in [0.3, 0.4) is 0 Å². The van der Waals surface area contributed by atoms with Crippen LogP contribution in [0.1, 0.15) is 90.5 Å². The van der Waals surface area contributed by atoms with E-state index >= 15 is 0 Å². The number of hydrogen-bond acceptors (Lipinski definition) is 7. The molecule has 0 fully saturated rings. The summed E-state index contributed by atoms with van der Waals surface area (Å²) in [6.45, 7) is 19.9. The zero-order chi connectivity index (χ0) is 33.8. The molecule has 2 unspecified atom stereocenters. The van der Waals surface area contributed by atoms with E-state index in [9.17, 15) is 18.6 Å². The molecule has 3 rings (SSSR count). The molecule has 3 aromatic carbocycles. The largest absolute Gasteiger partial charge is 0.487 e. The second-order valence-electron chi connectivity index (χ2n) is 14.2. The zero-order valence-electron chi connectivity index (χ0n) is 28.6. The van der Waals surface area contributed by atoms with Gasteiger partial charge in [0.15, 0.2) is 11.5 Å². The minimum Gasteiger partial charge on any atom is -0.487 e. The molecule has 0 aliphatic carbocycles. The number of ether oxygens (including phenoxy) is 2. The molecule has 0 heterocycles. The summed E-state index contributed by atoms with van der Waals surface area (Å²) in [5.41, 5.74) is 2.53. The van der Waals surface area contributed by atoms with Crippen molar-refractivity contribution in [3.8, 4) is 17.2 Å². The number of aliphatic hydroxyl groups excluding tert-OH is 2. The molecule has 0 spiro atoms. The molecule has 3 aromatic rings. The SMILES string of the molecule is CCC(CC)(c1ccc(OS(=O)(=O)c2ccc(C)cc2)c(C)c1)c1ccc(OCC(O)C(C)(C)C)c(OCC(O)C(C)(C)C)c1. The maximum atomic E-state index is 13.0. The molecule has 2 N–H and O–H groups in total. The minimum atomic E-state index is -3.99. The van der Waals surface area contributed by atoms with Crippen LogP contribution in [-0.2, 0) is 15.5 Å². The van der Waals surface area contributed by atoms with E-state index in [1.54, 1.807) is 30.3 Å². The van der Waals surface area contributed by atoms with Crippen molar-refractivity contribution in [3.63, 3.8) is 0 Å². The van der Waals surface area contributed by atoms with E-state index in [0.717, 1.165) is 29.5 Å². The van der Waals surface area contributed by atoms with Gasteiger partial charge in [0.2, 0.25) is 0 Å². The molecular weight excluding hydrogens is 588 g/mol. The minimum absolute atomic E-state index is 0.0803. The Hall–Kier alpha value is -3.07. The van der Waals surface area contributed by atoms with Crippen molar-refractivity contribution in [2.24, 2.45) is 10.8 Å². The molecule has 0 radical (unpaired) electrons. The van der Waals surface area contributed by atoms with Gasteiger partial charge in [-0.05, 0) is 84.5 Å². The Kier molecular flexibility index (Phi) is 11.4. The van der Waals surface area contributed by atoms with Crippen molar-refractivity contribution in [2.75, 3.05) is 13.2 Å². The number of benzene rings is 3. The Morgan fingerprint density at radius 3 is 1.60 bits per heavy atom. The molecule has 2 atom stereocenters. The molecule has 8 heteroatoms. The first kappa shape index (κ1) is 36.4. The summed E-state index contributed by atoms with van der Waals surface area (Å²) >= 11 is 0. The lowest BCUT2D eigenvalue weighted by Crippen LogP contribution is -2.33. The lowest BCUT2D eigenvalue weighted by atomic mass is 9.70. The average molecular weight is 641 g/mol. The first-order valence-electron chi connectivity index (χ1n) is 15.7. The molecular formula is C37H52O7S. The van der Waals surface area contributed by atoms with Crippen molar-refractivity contribution in [3.05, 3.63) is 82.9 Å². The predicted molar refractivity (Wildman–Crippen MR) is 180 cm³/mol. The number of aryl methyl sites for hydroxylation is 2. The van der Waals surface area contributed by atoms with Gasteiger partial charge in [0.1, 0.15) is 23.9 Å². The monoisotopic (exact) mass is 640 g/mol. The van der Waals surface area contributed by atoms with Gasteiger partial charge in [0.05, 0.1) is 12.2 Å². The first-order chi connectivity index (χ1) is 20.8. The lowest BCUT2D eigenvalue weighted by molar-refractivity contribution is 0.0136. The summed E-state index contributed by atoms with van der Waals surface area (Å²) in [5.74, 6) is 1.26. The number of rotatable bonds is 13. The van der Waals surface area contributed by atoms with Crippen LogP contribution < -0.4 is 13.7 Å². The predicted octanol–water partition coefficient (Wildman–Crippen LogP) is 7.75. The topological polar surface area (TPSA) is 102 Å².